The van der Waals surface area contributed by atoms with Gasteiger partial charge in [-0.2, -0.15) is 8.61 Å². The molecule has 0 amide bonds. The predicted molar refractivity (Wildman–Crippen MR) is 141 cm³/mol. The zero-order valence-corrected chi connectivity index (χ0v) is 22.9. The van der Waals surface area contributed by atoms with E-state index in [1.165, 1.54) is 34.8 Å². The first kappa shape index (κ1) is 27.4. The van der Waals surface area contributed by atoms with Crippen molar-refractivity contribution in [2.24, 2.45) is 0 Å². The zero-order valence-electron chi connectivity index (χ0n) is 21.2. The molecule has 0 N–H and O–H groups in total. The van der Waals surface area contributed by atoms with Gasteiger partial charge in [0.15, 0.2) is 0 Å². The van der Waals surface area contributed by atoms with Gasteiger partial charge in [0.05, 0.1) is 29.2 Å². The lowest BCUT2D eigenvalue weighted by Gasteiger charge is -2.34. The van der Waals surface area contributed by atoms with Gasteiger partial charge in [0.25, 0.3) is 0 Å². The molecule has 10 heteroatoms. The molecule has 4 rings (SSSR count). The van der Waals surface area contributed by atoms with Crippen LogP contribution in [-0.2, 0) is 33.1 Å². The van der Waals surface area contributed by atoms with Crippen molar-refractivity contribution in [3.8, 4) is 5.75 Å². The molecule has 1 atom stereocenters. The van der Waals surface area contributed by atoms with E-state index in [9.17, 15) is 16.8 Å². The van der Waals surface area contributed by atoms with Crippen molar-refractivity contribution in [2.75, 3.05) is 13.2 Å². The Morgan fingerprint density at radius 2 is 1.62 bits per heavy atom. The molecule has 1 saturated heterocycles. The van der Waals surface area contributed by atoms with Gasteiger partial charge in [0, 0.05) is 19.1 Å². The average Bonchev–Trinajstić information content (AvgIpc) is 3.43. The van der Waals surface area contributed by atoms with Crippen LogP contribution in [0.4, 0.5) is 0 Å². The second-order valence-corrected chi connectivity index (χ2v) is 12.9. The number of sulfonamides is 2. The Balaban J connectivity index is 1.60. The van der Waals surface area contributed by atoms with Gasteiger partial charge in [-0.15, -0.1) is 0 Å². The summed E-state index contributed by atoms with van der Waals surface area (Å²) in [5.41, 5.74) is 0.786. The number of piperidine rings is 1. The first-order chi connectivity index (χ1) is 17.8. The van der Waals surface area contributed by atoms with Crippen LogP contribution in [0.5, 0.6) is 5.75 Å². The Morgan fingerprint density at radius 1 is 0.919 bits per heavy atom. The molecule has 200 valence electrons. The van der Waals surface area contributed by atoms with E-state index < -0.39 is 20.0 Å². The molecule has 3 aromatic rings. The first-order valence-corrected chi connectivity index (χ1v) is 15.5. The highest BCUT2D eigenvalue weighted by atomic mass is 32.2. The third-order valence-electron chi connectivity index (χ3n) is 6.62. The van der Waals surface area contributed by atoms with Crippen molar-refractivity contribution in [1.29, 1.82) is 0 Å². The minimum absolute atomic E-state index is 0.0228. The molecule has 37 heavy (non-hydrogen) atoms. The molecule has 0 aliphatic carbocycles. The number of furan rings is 1. The number of rotatable bonds is 11. The summed E-state index contributed by atoms with van der Waals surface area (Å²) in [5.74, 6) is 1.21. The molecule has 0 unspecified atom stereocenters. The van der Waals surface area contributed by atoms with E-state index in [0.29, 0.717) is 24.7 Å². The van der Waals surface area contributed by atoms with Crippen LogP contribution in [0, 0.1) is 0 Å². The molecule has 2 aromatic carbocycles. The van der Waals surface area contributed by atoms with Crippen molar-refractivity contribution in [1.82, 2.24) is 8.61 Å². The molecule has 0 bridgehead atoms. The lowest BCUT2D eigenvalue weighted by molar-refractivity contribution is 0.246. The van der Waals surface area contributed by atoms with Gasteiger partial charge in [-0.3, -0.25) is 0 Å². The van der Waals surface area contributed by atoms with E-state index in [4.69, 9.17) is 9.15 Å². The van der Waals surface area contributed by atoms with Crippen molar-refractivity contribution in [2.45, 2.75) is 68.5 Å². The van der Waals surface area contributed by atoms with Crippen LogP contribution in [0.3, 0.4) is 0 Å². The summed E-state index contributed by atoms with van der Waals surface area (Å²) >= 11 is 0. The van der Waals surface area contributed by atoms with Crippen LogP contribution in [0.2, 0.25) is 0 Å². The Kier molecular flexibility index (Phi) is 8.74. The minimum Gasteiger partial charge on any atom is -0.494 e. The van der Waals surface area contributed by atoms with E-state index in [0.717, 1.165) is 31.2 Å². The van der Waals surface area contributed by atoms with Gasteiger partial charge < -0.3 is 9.15 Å². The maximum Gasteiger partial charge on any atom is 0.243 e. The SMILES string of the molecule is CCOc1ccc(CN(Cc2ccco2)S(=O)(=O)c2ccc(S(=O)(=O)N3CCCC[C@@H]3CC)cc2)cc1. The third-order valence-corrected chi connectivity index (χ3v) is 10.4. The highest BCUT2D eigenvalue weighted by molar-refractivity contribution is 7.89. The van der Waals surface area contributed by atoms with E-state index in [1.807, 2.05) is 26.0 Å². The highest BCUT2D eigenvalue weighted by Crippen LogP contribution is 2.29. The largest absolute Gasteiger partial charge is 0.494 e. The van der Waals surface area contributed by atoms with E-state index >= 15 is 0 Å². The maximum atomic E-state index is 13.7. The van der Waals surface area contributed by atoms with E-state index in [2.05, 4.69) is 0 Å². The standard InChI is InChI=1S/C27H34N2O6S2/c1-3-23-8-5-6-18-29(23)37(32,33)27-16-14-26(15-17-27)36(30,31)28(21-25-9-7-19-35-25)20-22-10-12-24(13-11-22)34-4-2/h7,9-17,19,23H,3-6,8,18,20-21H2,1-2H3/t23-/m0/s1. The summed E-state index contributed by atoms with van der Waals surface area (Å²) in [6, 6.07) is 16.2. The van der Waals surface area contributed by atoms with Gasteiger partial charge in [0.2, 0.25) is 20.0 Å². The Hall–Kier alpha value is -2.66. The van der Waals surface area contributed by atoms with Crippen LogP contribution in [0.1, 0.15) is 50.9 Å². The molecule has 0 spiro atoms. The normalized spacial score (nSPS) is 17.2. The van der Waals surface area contributed by atoms with Crippen molar-refractivity contribution in [3.63, 3.8) is 0 Å². The van der Waals surface area contributed by atoms with Crippen molar-refractivity contribution >= 4 is 20.0 Å². The molecule has 0 saturated carbocycles. The Labute approximate surface area is 220 Å². The predicted octanol–water partition coefficient (Wildman–Crippen LogP) is 5.02. The van der Waals surface area contributed by atoms with Gasteiger partial charge >= 0.3 is 0 Å². The van der Waals surface area contributed by atoms with E-state index in [-0.39, 0.29) is 28.9 Å². The van der Waals surface area contributed by atoms with Crippen molar-refractivity contribution in [3.05, 3.63) is 78.3 Å². The summed E-state index contributed by atoms with van der Waals surface area (Å²) < 4.78 is 67.8. The number of nitrogens with zero attached hydrogens (tertiary/aromatic N) is 2. The quantitative estimate of drug-likeness (QED) is 0.335. The molecule has 1 fully saturated rings. The Morgan fingerprint density at radius 3 is 2.24 bits per heavy atom. The number of ether oxygens (including phenoxy) is 1. The lowest BCUT2D eigenvalue weighted by atomic mass is 10.0. The zero-order chi connectivity index (χ0) is 26.5. The number of hydrogen-bond donors (Lipinski definition) is 0. The molecular weight excluding hydrogens is 512 g/mol. The second-order valence-electron chi connectivity index (χ2n) is 9.07. The van der Waals surface area contributed by atoms with Gasteiger partial charge in [-0.25, -0.2) is 16.8 Å². The summed E-state index contributed by atoms with van der Waals surface area (Å²) in [4.78, 5) is 0.130. The number of hydrogen-bond acceptors (Lipinski definition) is 6. The van der Waals surface area contributed by atoms with Crippen molar-refractivity contribution < 1.29 is 26.0 Å². The third kappa shape index (κ3) is 6.26. The van der Waals surface area contributed by atoms with Crippen LogP contribution in [0.15, 0.2) is 81.1 Å². The maximum absolute atomic E-state index is 13.7. The second kappa shape index (κ2) is 11.8. The lowest BCUT2D eigenvalue weighted by Crippen LogP contribution is -2.43. The molecule has 1 aromatic heterocycles. The van der Waals surface area contributed by atoms with Crippen LogP contribution in [0.25, 0.3) is 0 Å². The van der Waals surface area contributed by atoms with Gasteiger partial charge in [0.1, 0.15) is 11.5 Å². The molecule has 0 radical (unpaired) electrons. The van der Waals surface area contributed by atoms with Gasteiger partial charge in [-0.05, 0) is 80.3 Å². The summed E-state index contributed by atoms with van der Waals surface area (Å²) in [6.07, 6.45) is 4.94. The monoisotopic (exact) mass is 546 g/mol. The van der Waals surface area contributed by atoms with Crippen LogP contribution < -0.4 is 4.74 Å². The molecule has 2 heterocycles. The fourth-order valence-electron chi connectivity index (χ4n) is 4.63. The Bertz CT molecular complexity index is 1350. The van der Waals surface area contributed by atoms with E-state index in [1.54, 1.807) is 28.6 Å². The fourth-order valence-corrected chi connectivity index (χ4v) is 7.79. The summed E-state index contributed by atoms with van der Waals surface area (Å²) in [7, 11) is -7.67. The molecule has 1 aliphatic rings. The first-order valence-electron chi connectivity index (χ1n) is 12.6. The number of benzene rings is 2. The van der Waals surface area contributed by atoms with Gasteiger partial charge in [-0.1, -0.05) is 25.5 Å². The minimum atomic E-state index is -3.96. The summed E-state index contributed by atoms with van der Waals surface area (Å²) in [5, 5.41) is 0. The average molecular weight is 547 g/mol. The fraction of sp³-hybridized carbons (Fsp3) is 0.407. The highest BCUT2D eigenvalue weighted by Gasteiger charge is 2.33. The van der Waals surface area contributed by atoms with Crippen LogP contribution >= 0.6 is 0 Å². The van der Waals surface area contributed by atoms with Crippen LogP contribution in [-0.4, -0.2) is 44.6 Å². The summed E-state index contributed by atoms with van der Waals surface area (Å²) in [6.45, 7) is 5.07. The molecule has 8 nitrogen and oxygen atoms in total. The molecule has 1 aliphatic heterocycles. The topological polar surface area (TPSA) is 97.1 Å². The molecular formula is C27H34N2O6S2. The smallest absolute Gasteiger partial charge is 0.243 e.